The van der Waals surface area contributed by atoms with Crippen molar-refractivity contribution in [1.29, 1.82) is 0 Å². The van der Waals surface area contributed by atoms with Crippen LogP contribution in [0.15, 0.2) is 18.2 Å². The van der Waals surface area contributed by atoms with E-state index >= 15 is 0 Å². The van der Waals surface area contributed by atoms with E-state index in [9.17, 15) is 0 Å². The third kappa shape index (κ3) is 3.02. The van der Waals surface area contributed by atoms with E-state index in [1.807, 2.05) is 32.2 Å². The predicted octanol–water partition coefficient (Wildman–Crippen LogP) is 4.15. The highest BCUT2D eigenvalue weighted by Gasteiger charge is 2.24. The molecule has 2 aromatic heterocycles. The van der Waals surface area contributed by atoms with Crippen LogP contribution >= 0.6 is 22.6 Å². The number of aromatic nitrogens is 3. The SMILES string of the molecule is CNc1nc(-c2cccc(C)n2)nc(C2CCCC2)c1I. The summed E-state index contributed by atoms with van der Waals surface area (Å²) in [5.41, 5.74) is 3.02. The topological polar surface area (TPSA) is 50.7 Å². The largest absolute Gasteiger partial charge is 0.372 e. The molecule has 0 aromatic carbocycles. The van der Waals surface area contributed by atoms with Gasteiger partial charge in [-0.05, 0) is 54.5 Å². The Bertz CT molecular complexity index is 651. The second kappa shape index (κ2) is 6.25. The fourth-order valence-corrected chi connectivity index (χ4v) is 3.83. The fraction of sp³-hybridized carbons (Fsp3) is 0.438. The summed E-state index contributed by atoms with van der Waals surface area (Å²) in [5, 5.41) is 3.20. The van der Waals surface area contributed by atoms with Crippen LogP contribution in [0.3, 0.4) is 0 Å². The molecule has 2 heterocycles. The molecule has 2 aromatic rings. The van der Waals surface area contributed by atoms with Gasteiger partial charge in [-0.2, -0.15) is 0 Å². The van der Waals surface area contributed by atoms with Crippen LogP contribution in [0, 0.1) is 10.5 Å². The summed E-state index contributed by atoms with van der Waals surface area (Å²) < 4.78 is 1.15. The van der Waals surface area contributed by atoms with E-state index in [1.54, 1.807) is 0 Å². The summed E-state index contributed by atoms with van der Waals surface area (Å²) in [4.78, 5) is 14.1. The van der Waals surface area contributed by atoms with Crippen LogP contribution in [-0.4, -0.2) is 22.0 Å². The average Bonchev–Trinajstić information content (AvgIpc) is 3.01. The van der Waals surface area contributed by atoms with Crippen LogP contribution in [0.5, 0.6) is 0 Å². The van der Waals surface area contributed by atoms with Crippen molar-refractivity contribution >= 4 is 28.4 Å². The van der Waals surface area contributed by atoms with E-state index in [-0.39, 0.29) is 0 Å². The van der Waals surface area contributed by atoms with Gasteiger partial charge in [-0.25, -0.2) is 15.0 Å². The molecule has 3 rings (SSSR count). The molecule has 1 aliphatic carbocycles. The minimum Gasteiger partial charge on any atom is -0.372 e. The average molecular weight is 394 g/mol. The first-order valence-electron chi connectivity index (χ1n) is 7.38. The Morgan fingerprint density at radius 2 is 1.90 bits per heavy atom. The van der Waals surface area contributed by atoms with Crippen molar-refractivity contribution in [3.05, 3.63) is 33.2 Å². The Balaban J connectivity index is 2.10. The Morgan fingerprint density at radius 1 is 1.14 bits per heavy atom. The number of aryl methyl sites for hydroxylation is 1. The maximum absolute atomic E-state index is 4.85. The minimum absolute atomic E-state index is 0.565. The molecule has 0 spiro atoms. The van der Waals surface area contributed by atoms with Crippen molar-refractivity contribution in [2.45, 2.75) is 38.5 Å². The molecule has 1 N–H and O–H groups in total. The quantitative estimate of drug-likeness (QED) is 0.795. The van der Waals surface area contributed by atoms with E-state index in [1.165, 1.54) is 31.4 Å². The highest BCUT2D eigenvalue weighted by atomic mass is 127. The molecule has 0 unspecified atom stereocenters. The van der Waals surface area contributed by atoms with Crippen LogP contribution in [0.1, 0.15) is 43.0 Å². The summed E-state index contributed by atoms with van der Waals surface area (Å²) in [6.45, 7) is 1.99. The maximum atomic E-state index is 4.85. The third-order valence-electron chi connectivity index (χ3n) is 3.97. The molecule has 4 nitrogen and oxygen atoms in total. The minimum atomic E-state index is 0.565. The van der Waals surface area contributed by atoms with Crippen molar-refractivity contribution < 1.29 is 0 Å². The summed E-state index contributed by atoms with van der Waals surface area (Å²) in [6, 6.07) is 5.98. The van der Waals surface area contributed by atoms with E-state index in [0.29, 0.717) is 5.92 Å². The Morgan fingerprint density at radius 3 is 2.57 bits per heavy atom. The Kier molecular flexibility index (Phi) is 4.37. The zero-order valence-corrected chi connectivity index (χ0v) is 14.5. The molecule has 1 aliphatic rings. The maximum Gasteiger partial charge on any atom is 0.180 e. The molecule has 5 heteroatoms. The normalized spacial score (nSPS) is 15.4. The van der Waals surface area contributed by atoms with Crippen LogP contribution in [0.2, 0.25) is 0 Å². The molecule has 0 radical (unpaired) electrons. The summed E-state index contributed by atoms with van der Waals surface area (Å²) in [7, 11) is 1.91. The molecule has 0 atom stereocenters. The summed E-state index contributed by atoms with van der Waals surface area (Å²) in [6.07, 6.45) is 5.07. The van der Waals surface area contributed by atoms with Gasteiger partial charge >= 0.3 is 0 Å². The zero-order valence-electron chi connectivity index (χ0n) is 12.4. The van der Waals surface area contributed by atoms with Gasteiger partial charge in [0.1, 0.15) is 11.5 Å². The van der Waals surface area contributed by atoms with Crippen LogP contribution in [0.25, 0.3) is 11.5 Å². The number of halogens is 1. The molecule has 0 bridgehead atoms. The first-order chi connectivity index (χ1) is 10.2. The highest BCUT2D eigenvalue weighted by molar-refractivity contribution is 14.1. The standard InChI is InChI=1S/C16H19IN4/c1-10-6-5-9-12(19-10)15-20-14(11-7-3-4-8-11)13(17)16(18-2)21-15/h5-6,9,11H,3-4,7-8H2,1-2H3,(H,18,20,21). The fourth-order valence-electron chi connectivity index (χ4n) is 2.88. The molecule has 1 saturated carbocycles. The summed E-state index contributed by atoms with van der Waals surface area (Å²) >= 11 is 2.37. The van der Waals surface area contributed by atoms with Gasteiger partial charge in [0.25, 0.3) is 0 Å². The highest BCUT2D eigenvalue weighted by Crippen LogP contribution is 2.37. The van der Waals surface area contributed by atoms with Crippen molar-refractivity contribution in [2.75, 3.05) is 12.4 Å². The molecule has 0 amide bonds. The lowest BCUT2D eigenvalue weighted by Crippen LogP contribution is -2.08. The van der Waals surface area contributed by atoms with Crippen LogP contribution in [-0.2, 0) is 0 Å². The van der Waals surface area contributed by atoms with Gasteiger partial charge in [-0.1, -0.05) is 18.9 Å². The number of hydrogen-bond donors (Lipinski definition) is 1. The first kappa shape index (κ1) is 14.7. The Hall–Kier alpha value is -1.24. The van der Waals surface area contributed by atoms with Gasteiger partial charge < -0.3 is 5.32 Å². The molecular weight excluding hydrogens is 375 g/mol. The van der Waals surface area contributed by atoms with Crippen molar-refractivity contribution in [1.82, 2.24) is 15.0 Å². The van der Waals surface area contributed by atoms with E-state index in [2.05, 4.69) is 37.9 Å². The van der Waals surface area contributed by atoms with Gasteiger partial charge in [-0.15, -0.1) is 0 Å². The molecule has 1 fully saturated rings. The monoisotopic (exact) mass is 394 g/mol. The zero-order chi connectivity index (χ0) is 14.8. The van der Waals surface area contributed by atoms with Gasteiger partial charge in [-0.3, -0.25) is 0 Å². The first-order valence-corrected chi connectivity index (χ1v) is 8.46. The van der Waals surface area contributed by atoms with E-state index in [0.717, 1.165) is 26.6 Å². The van der Waals surface area contributed by atoms with Gasteiger partial charge in [0, 0.05) is 18.7 Å². The lowest BCUT2D eigenvalue weighted by Gasteiger charge is -2.15. The number of hydrogen-bond acceptors (Lipinski definition) is 4. The molecule has 0 saturated heterocycles. The summed E-state index contributed by atoms with van der Waals surface area (Å²) in [5.74, 6) is 2.20. The smallest absolute Gasteiger partial charge is 0.180 e. The number of rotatable bonds is 3. The number of nitrogens with zero attached hydrogens (tertiary/aromatic N) is 3. The van der Waals surface area contributed by atoms with Crippen molar-refractivity contribution in [3.63, 3.8) is 0 Å². The van der Waals surface area contributed by atoms with Crippen molar-refractivity contribution in [2.24, 2.45) is 0 Å². The third-order valence-corrected chi connectivity index (χ3v) is 5.04. The Labute approximate surface area is 139 Å². The predicted molar refractivity (Wildman–Crippen MR) is 93.5 cm³/mol. The number of anilines is 1. The molecule has 110 valence electrons. The van der Waals surface area contributed by atoms with E-state index in [4.69, 9.17) is 4.98 Å². The van der Waals surface area contributed by atoms with Gasteiger partial charge in [0.05, 0.1) is 9.26 Å². The van der Waals surface area contributed by atoms with Gasteiger partial charge in [0.2, 0.25) is 0 Å². The number of nitrogens with one attached hydrogen (secondary N) is 1. The second-order valence-electron chi connectivity index (χ2n) is 5.49. The molecule has 0 aliphatic heterocycles. The van der Waals surface area contributed by atoms with Gasteiger partial charge in [0.15, 0.2) is 5.82 Å². The van der Waals surface area contributed by atoms with Crippen LogP contribution in [0.4, 0.5) is 5.82 Å². The number of pyridine rings is 1. The van der Waals surface area contributed by atoms with Crippen molar-refractivity contribution in [3.8, 4) is 11.5 Å². The lowest BCUT2D eigenvalue weighted by atomic mass is 10.0. The van der Waals surface area contributed by atoms with Crippen LogP contribution < -0.4 is 5.32 Å². The second-order valence-corrected chi connectivity index (χ2v) is 6.57. The molecule has 21 heavy (non-hydrogen) atoms. The van der Waals surface area contributed by atoms with E-state index < -0.39 is 0 Å². The lowest BCUT2D eigenvalue weighted by molar-refractivity contribution is 0.690. The molecular formula is C16H19IN4.